The Hall–Kier alpha value is -2.70. The average molecular weight is 385 g/mol. The van der Waals surface area contributed by atoms with E-state index in [2.05, 4.69) is 19.2 Å². The predicted octanol–water partition coefficient (Wildman–Crippen LogP) is 2.74. The molecule has 0 bridgehead atoms. The van der Waals surface area contributed by atoms with Gasteiger partial charge in [-0.25, -0.2) is 4.79 Å². The monoisotopic (exact) mass is 385 g/mol. The Morgan fingerprint density at radius 1 is 1.25 bits per heavy atom. The van der Waals surface area contributed by atoms with Gasteiger partial charge in [0.25, 0.3) is 5.91 Å². The second kappa shape index (κ2) is 7.73. The van der Waals surface area contributed by atoms with Crippen molar-refractivity contribution in [1.29, 1.82) is 0 Å². The standard InChI is InChI=1S/C21H27N3O4/c1-14(2)9-10-21(3)19(27)24(20(28)22-21)13-17(25)15-6-4-7-16(12-15)23-11-5-8-18(23)26/h4,6-7,12,14H,5,8-11,13H2,1-3H3,(H,22,28)/t21-/m0/s1. The van der Waals surface area contributed by atoms with E-state index in [9.17, 15) is 19.2 Å². The van der Waals surface area contributed by atoms with Crippen LogP contribution in [0.3, 0.4) is 0 Å². The molecule has 2 saturated heterocycles. The lowest BCUT2D eigenvalue weighted by atomic mass is 9.92. The highest BCUT2D eigenvalue weighted by Crippen LogP contribution is 2.26. The summed E-state index contributed by atoms with van der Waals surface area (Å²) in [5, 5.41) is 2.74. The average Bonchev–Trinajstić information content (AvgIpc) is 3.17. The minimum absolute atomic E-state index is 0.0413. The number of Topliss-reactive ketones (excluding diaryl/α,β-unsaturated/α-hetero) is 1. The summed E-state index contributed by atoms with van der Waals surface area (Å²) in [7, 11) is 0. The lowest BCUT2D eigenvalue weighted by Crippen LogP contribution is -2.44. The molecule has 150 valence electrons. The molecule has 0 aromatic heterocycles. The highest BCUT2D eigenvalue weighted by Gasteiger charge is 2.47. The molecule has 1 N–H and O–H groups in total. The van der Waals surface area contributed by atoms with Crippen molar-refractivity contribution in [3.8, 4) is 0 Å². The first-order valence-corrected chi connectivity index (χ1v) is 9.79. The lowest BCUT2D eigenvalue weighted by Gasteiger charge is -2.22. The molecule has 0 radical (unpaired) electrons. The van der Waals surface area contributed by atoms with Crippen molar-refractivity contribution >= 4 is 29.3 Å². The molecular formula is C21H27N3O4. The minimum atomic E-state index is -0.967. The van der Waals surface area contributed by atoms with Gasteiger partial charge in [-0.3, -0.25) is 19.3 Å². The number of anilines is 1. The van der Waals surface area contributed by atoms with Gasteiger partial charge < -0.3 is 10.2 Å². The number of imide groups is 1. The van der Waals surface area contributed by atoms with Crippen LogP contribution < -0.4 is 10.2 Å². The molecule has 2 aliphatic heterocycles. The van der Waals surface area contributed by atoms with Crippen molar-refractivity contribution in [2.75, 3.05) is 18.0 Å². The van der Waals surface area contributed by atoms with Crippen molar-refractivity contribution in [3.05, 3.63) is 29.8 Å². The summed E-state index contributed by atoms with van der Waals surface area (Å²) >= 11 is 0. The number of carbonyl (C=O) groups excluding carboxylic acids is 4. The van der Waals surface area contributed by atoms with Crippen molar-refractivity contribution in [2.45, 2.75) is 52.0 Å². The Labute approximate surface area is 165 Å². The van der Waals surface area contributed by atoms with Crippen molar-refractivity contribution < 1.29 is 19.2 Å². The highest BCUT2D eigenvalue weighted by molar-refractivity contribution is 6.11. The van der Waals surface area contributed by atoms with Crippen LogP contribution in [0.25, 0.3) is 0 Å². The SMILES string of the molecule is CC(C)CC[C@]1(C)NC(=O)N(CC(=O)c2cccc(N3CCCC3=O)c2)C1=O. The fraction of sp³-hybridized carbons (Fsp3) is 0.524. The molecule has 4 amide bonds. The molecule has 2 aliphatic rings. The van der Waals surface area contributed by atoms with Crippen LogP contribution in [0.2, 0.25) is 0 Å². The zero-order chi connectivity index (χ0) is 20.5. The van der Waals surface area contributed by atoms with E-state index in [0.717, 1.165) is 17.7 Å². The summed E-state index contributed by atoms with van der Waals surface area (Å²) in [6, 6.07) is 6.27. The maximum Gasteiger partial charge on any atom is 0.325 e. The molecule has 3 rings (SSSR count). The molecule has 28 heavy (non-hydrogen) atoms. The molecule has 0 spiro atoms. The number of amides is 4. The summed E-state index contributed by atoms with van der Waals surface area (Å²) in [5.74, 6) is -0.240. The van der Waals surface area contributed by atoms with Gasteiger partial charge in [-0.15, -0.1) is 0 Å². The number of urea groups is 1. The van der Waals surface area contributed by atoms with Crippen molar-refractivity contribution in [3.63, 3.8) is 0 Å². The van der Waals surface area contributed by atoms with Gasteiger partial charge in [-0.2, -0.15) is 0 Å². The number of nitrogens with one attached hydrogen (secondary N) is 1. The second-order valence-electron chi connectivity index (χ2n) is 8.21. The first-order valence-electron chi connectivity index (χ1n) is 9.79. The Morgan fingerprint density at radius 2 is 2.00 bits per heavy atom. The van der Waals surface area contributed by atoms with Gasteiger partial charge in [-0.05, 0) is 44.2 Å². The first-order chi connectivity index (χ1) is 13.2. The van der Waals surface area contributed by atoms with Gasteiger partial charge in [0, 0.05) is 24.2 Å². The van der Waals surface area contributed by atoms with E-state index >= 15 is 0 Å². The van der Waals surface area contributed by atoms with Gasteiger partial charge >= 0.3 is 6.03 Å². The van der Waals surface area contributed by atoms with Crippen LogP contribution in [0.15, 0.2) is 24.3 Å². The van der Waals surface area contributed by atoms with Gasteiger partial charge in [0.1, 0.15) is 5.54 Å². The largest absolute Gasteiger partial charge is 0.325 e. The van der Waals surface area contributed by atoms with E-state index in [1.165, 1.54) is 0 Å². The van der Waals surface area contributed by atoms with Crippen molar-refractivity contribution in [2.24, 2.45) is 5.92 Å². The third kappa shape index (κ3) is 3.93. The third-order valence-electron chi connectivity index (χ3n) is 5.42. The minimum Gasteiger partial charge on any atom is -0.323 e. The number of carbonyl (C=O) groups is 4. The molecule has 1 aromatic carbocycles. The molecule has 2 heterocycles. The van der Waals surface area contributed by atoms with Crippen LogP contribution in [-0.4, -0.2) is 47.2 Å². The van der Waals surface area contributed by atoms with Crippen LogP contribution in [0.4, 0.5) is 10.5 Å². The van der Waals surface area contributed by atoms with E-state index in [-0.39, 0.29) is 24.1 Å². The van der Waals surface area contributed by atoms with Crippen molar-refractivity contribution in [1.82, 2.24) is 10.2 Å². The van der Waals surface area contributed by atoms with Gasteiger partial charge in [0.15, 0.2) is 5.78 Å². The summed E-state index contributed by atoms with van der Waals surface area (Å²) in [4.78, 5) is 52.4. The van der Waals surface area contributed by atoms with Crippen LogP contribution in [-0.2, 0) is 9.59 Å². The van der Waals surface area contributed by atoms with E-state index in [1.54, 1.807) is 36.1 Å². The van der Waals surface area contributed by atoms with Gasteiger partial charge in [0.2, 0.25) is 5.91 Å². The number of rotatable bonds is 7. The summed E-state index contributed by atoms with van der Waals surface area (Å²) in [6.45, 7) is 6.16. The quantitative estimate of drug-likeness (QED) is 0.578. The molecule has 7 nitrogen and oxygen atoms in total. The Bertz CT molecular complexity index is 820. The van der Waals surface area contributed by atoms with Crippen LogP contribution in [0.5, 0.6) is 0 Å². The summed E-state index contributed by atoms with van der Waals surface area (Å²) in [6.07, 6.45) is 2.65. The molecule has 1 atom stereocenters. The maximum absolute atomic E-state index is 12.8. The summed E-state index contributed by atoms with van der Waals surface area (Å²) < 4.78 is 0. The van der Waals surface area contributed by atoms with Crippen LogP contribution in [0.1, 0.15) is 56.8 Å². The molecule has 0 unspecified atom stereocenters. The summed E-state index contributed by atoms with van der Waals surface area (Å²) in [5.41, 5.74) is 0.0896. The molecule has 0 aliphatic carbocycles. The number of hydrogen-bond donors (Lipinski definition) is 1. The molecule has 7 heteroatoms. The zero-order valence-electron chi connectivity index (χ0n) is 16.7. The molecule has 0 saturated carbocycles. The normalized spacial score (nSPS) is 22.4. The maximum atomic E-state index is 12.8. The van der Waals surface area contributed by atoms with E-state index in [4.69, 9.17) is 0 Å². The number of ketones is 1. The molecular weight excluding hydrogens is 358 g/mol. The van der Waals surface area contributed by atoms with Gasteiger partial charge in [0.05, 0.1) is 6.54 Å². The van der Waals surface area contributed by atoms with Crippen LogP contribution in [0, 0.1) is 5.92 Å². The molecule has 2 fully saturated rings. The Balaban J connectivity index is 1.72. The zero-order valence-corrected chi connectivity index (χ0v) is 16.7. The van der Waals surface area contributed by atoms with E-state index in [0.29, 0.717) is 36.6 Å². The Morgan fingerprint density at radius 3 is 2.64 bits per heavy atom. The third-order valence-corrected chi connectivity index (χ3v) is 5.42. The smallest absolute Gasteiger partial charge is 0.323 e. The van der Waals surface area contributed by atoms with E-state index in [1.807, 2.05) is 0 Å². The fourth-order valence-corrected chi connectivity index (χ4v) is 3.64. The lowest BCUT2D eigenvalue weighted by molar-refractivity contribution is -0.130. The second-order valence-corrected chi connectivity index (χ2v) is 8.21. The first kappa shape index (κ1) is 20.0. The van der Waals surface area contributed by atoms with Crippen LogP contribution >= 0.6 is 0 Å². The number of benzene rings is 1. The number of hydrogen-bond acceptors (Lipinski definition) is 4. The topological polar surface area (TPSA) is 86.8 Å². The molecule has 1 aromatic rings. The van der Waals surface area contributed by atoms with E-state index < -0.39 is 11.6 Å². The number of nitrogens with zero attached hydrogens (tertiary/aromatic N) is 2. The van der Waals surface area contributed by atoms with Gasteiger partial charge in [-0.1, -0.05) is 26.0 Å². The Kier molecular flexibility index (Phi) is 5.54. The fourth-order valence-electron chi connectivity index (χ4n) is 3.64. The predicted molar refractivity (Wildman–Crippen MR) is 105 cm³/mol. The highest BCUT2D eigenvalue weighted by atomic mass is 16.2.